The summed E-state index contributed by atoms with van der Waals surface area (Å²) in [5.74, 6) is -0.821. The highest BCUT2D eigenvalue weighted by molar-refractivity contribution is 5.94. The molecular formula is C34H59N7O5. The molecule has 4 fully saturated rings. The first kappa shape index (κ1) is 36.1. The van der Waals surface area contributed by atoms with Gasteiger partial charge in [-0.15, -0.1) is 0 Å². The van der Waals surface area contributed by atoms with Crippen LogP contribution in [0.5, 0.6) is 0 Å². The fourth-order valence-electron chi connectivity index (χ4n) is 8.00. The van der Waals surface area contributed by atoms with E-state index in [1.165, 1.54) is 0 Å². The van der Waals surface area contributed by atoms with Gasteiger partial charge in [-0.3, -0.25) is 33.8 Å². The van der Waals surface area contributed by atoms with E-state index in [1.54, 1.807) is 14.7 Å². The lowest BCUT2D eigenvalue weighted by atomic mass is 9.84. The van der Waals surface area contributed by atoms with E-state index in [9.17, 15) is 24.0 Å². The number of nitrogens with one attached hydrogen (secondary N) is 1. The predicted molar refractivity (Wildman–Crippen MR) is 176 cm³/mol. The molecule has 0 spiro atoms. The van der Waals surface area contributed by atoms with Crippen LogP contribution in [0.2, 0.25) is 0 Å². The minimum Gasteiger partial charge on any atom is -0.368 e. The lowest BCUT2D eigenvalue weighted by molar-refractivity contribution is -0.148. The average molecular weight is 646 g/mol. The normalized spacial score (nSPS) is 27.6. The summed E-state index contributed by atoms with van der Waals surface area (Å²) in [5, 5.41) is 3.13. The van der Waals surface area contributed by atoms with E-state index < -0.39 is 29.4 Å². The van der Waals surface area contributed by atoms with Gasteiger partial charge < -0.3 is 25.8 Å². The molecule has 1 unspecified atom stereocenters. The Labute approximate surface area is 275 Å². The number of carbonyl (C=O) groups is 5. The van der Waals surface area contributed by atoms with Gasteiger partial charge in [-0.2, -0.15) is 0 Å². The Morgan fingerprint density at radius 2 is 1.33 bits per heavy atom. The molecule has 260 valence electrons. The van der Waals surface area contributed by atoms with Crippen LogP contribution in [0, 0.1) is 11.3 Å². The molecule has 4 saturated heterocycles. The molecule has 4 aliphatic heterocycles. The highest BCUT2D eigenvalue weighted by Gasteiger charge is 2.46. The third-order valence-corrected chi connectivity index (χ3v) is 10.8. The second-order valence-electron chi connectivity index (χ2n) is 15.5. The van der Waals surface area contributed by atoms with Gasteiger partial charge in [0.2, 0.25) is 29.5 Å². The summed E-state index contributed by atoms with van der Waals surface area (Å²) in [6.07, 6.45) is 7.04. The summed E-state index contributed by atoms with van der Waals surface area (Å²) < 4.78 is 0. The third-order valence-electron chi connectivity index (χ3n) is 10.8. The van der Waals surface area contributed by atoms with Crippen LogP contribution >= 0.6 is 0 Å². The highest BCUT2D eigenvalue weighted by Crippen LogP contribution is 2.30. The minimum absolute atomic E-state index is 0.0453. The second kappa shape index (κ2) is 15.0. The molecule has 0 radical (unpaired) electrons. The third kappa shape index (κ3) is 7.86. The molecule has 0 saturated carbocycles. The monoisotopic (exact) mass is 645 g/mol. The number of nitrogens with two attached hydrogens (primary N) is 1. The van der Waals surface area contributed by atoms with E-state index in [4.69, 9.17) is 5.73 Å². The molecule has 12 heteroatoms. The summed E-state index contributed by atoms with van der Waals surface area (Å²) in [4.78, 5) is 76.6. The lowest BCUT2D eigenvalue weighted by Crippen LogP contribution is -2.61. The van der Waals surface area contributed by atoms with Crippen LogP contribution in [0.25, 0.3) is 0 Å². The quantitative estimate of drug-likeness (QED) is 0.366. The van der Waals surface area contributed by atoms with Gasteiger partial charge in [-0.25, -0.2) is 0 Å². The number of hydrogen-bond donors (Lipinski definition) is 2. The first-order valence-corrected chi connectivity index (χ1v) is 17.5. The molecule has 5 amide bonds. The summed E-state index contributed by atoms with van der Waals surface area (Å²) in [6, 6.07) is -2.65. The van der Waals surface area contributed by atoms with Crippen LogP contribution in [0.4, 0.5) is 0 Å². The van der Waals surface area contributed by atoms with E-state index in [0.717, 1.165) is 51.6 Å². The summed E-state index contributed by atoms with van der Waals surface area (Å²) >= 11 is 0. The zero-order chi connectivity index (χ0) is 33.9. The van der Waals surface area contributed by atoms with Crippen LogP contribution in [-0.4, -0.2) is 137 Å². The van der Waals surface area contributed by atoms with Crippen molar-refractivity contribution in [2.24, 2.45) is 17.1 Å². The number of likely N-dealkylation sites (tertiary alicyclic amines) is 4. The number of hydrogen-bond acceptors (Lipinski definition) is 7. The number of piperidine rings is 1. The maximum Gasteiger partial charge on any atom is 0.246 e. The van der Waals surface area contributed by atoms with Gasteiger partial charge >= 0.3 is 0 Å². The number of nitrogens with zero attached hydrogens (tertiary/aromatic N) is 5. The van der Waals surface area contributed by atoms with Crippen LogP contribution in [0.3, 0.4) is 0 Å². The molecule has 4 aliphatic rings. The maximum atomic E-state index is 14.2. The molecule has 4 rings (SSSR count). The van der Waals surface area contributed by atoms with E-state index in [-0.39, 0.29) is 47.7 Å². The molecule has 0 aromatic rings. The van der Waals surface area contributed by atoms with Crippen LogP contribution in [0.15, 0.2) is 0 Å². The minimum atomic E-state index is -0.691. The van der Waals surface area contributed by atoms with Crippen molar-refractivity contribution in [3.63, 3.8) is 0 Å². The van der Waals surface area contributed by atoms with Crippen molar-refractivity contribution < 1.29 is 24.0 Å². The summed E-state index contributed by atoms with van der Waals surface area (Å²) in [6.45, 7) is 13.3. The molecule has 4 heterocycles. The van der Waals surface area contributed by atoms with Gasteiger partial charge in [0.25, 0.3) is 0 Å². The molecule has 0 aliphatic carbocycles. The number of likely N-dealkylation sites (N-methyl/N-ethyl adjacent to an activating group) is 2. The van der Waals surface area contributed by atoms with E-state index in [2.05, 4.69) is 29.0 Å². The van der Waals surface area contributed by atoms with Gasteiger partial charge in [0.05, 0.1) is 12.1 Å². The summed E-state index contributed by atoms with van der Waals surface area (Å²) in [5.41, 5.74) is 5.09. The van der Waals surface area contributed by atoms with Crippen molar-refractivity contribution in [2.45, 2.75) is 129 Å². The topological polar surface area (TPSA) is 140 Å². The molecule has 0 aromatic carbocycles. The Bertz CT molecular complexity index is 1140. The van der Waals surface area contributed by atoms with Gasteiger partial charge in [0, 0.05) is 32.7 Å². The van der Waals surface area contributed by atoms with E-state index in [0.29, 0.717) is 38.9 Å². The zero-order valence-electron chi connectivity index (χ0n) is 29.3. The fourth-order valence-corrected chi connectivity index (χ4v) is 8.00. The number of rotatable bonds is 10. The van der Waals surface area contributed by atoms with Crippen molar-refractivity contribution in [2.75, 3.05) is 46.8 Å². The first-order valence-electron chi connectivity index (χ1n) is 17.5. The lowest BCUT2D eigenvalue weighted by Gasteiger charge is -2.41. The fraction of sp³-hybridized carbons (Fsp3) is 0.853. The zero-order valence-corrected chi connectivity index (χ0v) is 29.3. The number of primary amides is 1. The molecule has 3 N–H and O–H groups in total. The Balaban J connectivity index is 1.46. The largest absolute Gasteiger partial charge is 0.368 e. The molecule has 46 heavy (non-hydrogen) atoms. The van der Waals surface area contributed by atoms with Crippen LogP contribution in [0.1, 0.15) is 92.4 Å². The van der Waals surface area contributed by atoms with Gasteiger partial charge in [0.1, 0.15) is 18.1 Å². The Hall–Kier alpha value is -2.73. The van der Waals surface area contributed by atoms with Crippen molar-refractivity contribution in [1.82, 2.24) is 29.8 Å². The Morgan fingerprint density at radius 1 is 0.783 bits per heavy atom. The number of amides is 5. The van der Waals surface area contributed by atoms with Crippen molar-refractivity contribution in [1.29, 1.82) is 0 Å². The van der Waals surface area contributed by atoms with Crippen molar-refractivity contribution in [3.8, 4) is 0 Å². The van der Waals surface area contributed by atoms with Gasteiger partial charge in [-0.1, -0.05) is 41.0 Å². The molecular weight excluding hydrogens is 586 g/mol. The Kier molecular flexibility index (Phi) is 11.8. The second-order valence-corrected chi connectivity index (χ2v) is 15.5. The van der Waals surface area contributed by atoms with Gasteiger partial charge in [0.15, 0.2) is 0 Å². The van der Waals surface area contributed by atoms with Crippen molar-refractivity contribution in [3.05, 3.63) is 0 Å². The average Bonchev–Trinajstić information content (AvgIpc) is 3.77. The maximum absolute atomic E-state index is 14.2. The van der Waals surface area contributed by atoms with E-state index >= 15 is 0 Å². The summed E-state index contributed by atoms with van der Waals surface area (Å²) in [7, 11) is 3.79. The SMILES string of the molecule is CC(C)[C@@H](CN1CCC[C@H]1C(=O)N1CCC[C@H]1C(=O)N1CCCC1C(N)=O)N(C)C(=O)[C@@H](NC(=O)[C@H]1CCCCN1C)C(C)(C)C. The standard InChI is InChI=1S/C34H59N7O5/c1-22(2)27(38(7)33(46)28(34(3,4)5)36-30(43)24-13-8-9-17-37(24)6)21-39-18-10-15-25(39)31(44)41-20-12-16-26(41)32(45)40-19-11-14-23(40)29(35)42/h22-28H,8-21H2,1-7H3,(H2,35,42)(H,36,43)/t23?,24-,25+,26+,27-,28-/m1/s1. The number of carbonyl (C=O) groups excluding carboxylic acids is 5. The first-order chi connectivity index (χ1) is 21.6. The molecule has 0 aromatic heterocycles. The Morgan fingerprint density at radius 3 is 1.91 bits per heavy atom. The van der Waals surface area contributed by atoms with E-state index in [1.807, 2.05) is 34.9 Å². The molecule has 6 atom stereocenters. The van der Waals surface area contributed by atoms with Gasteiger partial charge in [-0.05, 0) is 82.8 Å². The van der Waals surface area contributed by atoms with Crippen LogP contribution < -0.4 is 11.1 Å². The van der Waals surface area contributed by atoms with Crippen LogP contribution in [-0.2, 0) is 24.0 Å². The van der Waals surface area contributed by atoms with Crippen molar-refractivity contribution >= 4 is 29.5 Å². The molecule has 0 bridgehead atoms. The predicted octanol–water partition coefficient (Wildman–Crippen LogP) is 1.42. The molecule has 12 nitrogen and oxygen atoms in total. The highest BCUT2D eigenvalue weighted by atomic mass is 16.2. The smallest absolute Gasteiger partial charge is 0.246 e.